The van der Waals surface area contributed by atoms with Gasteiger partial charge in [-0.3, -0.25) is 9.88 Å². The van der Waals surface area contributed by atoms with Crippen LogP contribution in [0.15, 0.2) is 12.4 Å². The summed E-state index contributed by atoms with van der Waals surface area (Å²) in [4.78, 5) is 11.3. The van der Waals surface area contributed by atoms with Crippen molar-refractivity contribution in [1.82, 2.24) is 14.9 Å². The standard InChI is InChI=1S/C16H27N3O/c1-13-6-5-10-19(11-7-13)12-14-15(18-9-8-17-14)20-16(2,3)4/h8-9,13H,5-7,10-12H2,1-4H3. The van der Waals surface area contributed by atoms with E-state index in [2.05, 4.69) is 21.8 Å². The minimum Gasteiger partial charge on any atom is -0.471 e. The van der Waals surface area contributed by atoms with E-state index >= 15 is 0 Å². The summed E-state index contributed by atoms with van der Waals surface area (Å²) < 4.78 is 5.93. The van der Waals surface area contributed by atoms with Crippen molar-refractivity contribution in [3.05, 3.63) is 18.1 Å². The Morgan fingerprint density at radius 3 is 2.70 bits per heavy atom. The van der Waals surface area contributed by atoms with Gasteiger partial charge in [0.05, 0.1) is 0 Å². The zero-order valence-electron chi connectivity index (χ0n) is 13.2. The maximum Gasteiger partial charge on any atom is 0.237 e. The van der Waals surface area contributed by atoms with Gasteiger partial charge < -0.3 is 4.74 Å². The average molecular weight is 277 g/mol. The van der Waals surface area contributed by atoms with Crippen molar-refractivity contribution in [2.45, 2.75) is 59.1 Å². The minimum absolute atomic E-state index is 0.238. The lowest BCUT2D eigenvalue weighted by Gasteiger charge is -2.24. The molecule has 20 heavy (non-hydrogen) atoms. The number of ether oxygens (including phenoxy) is 1. The average Bonchev–Trinajstić information content (AvgIpc) is 2.55. The van der Waals surface area contributed by atoms with Crippen LogP contribution in [0, 0.1) is 5.92 Å². The van der Waals surface area contributed by atoms with Gasteiger partial charge in [0, 0.05) is 18.9 Å². The quantitative estimate of drug-likeness (QED) is 0.850. The second-order valence-corrected chi connectivity index (χ2v) is 6.83. The number of aromatic nitrogens is 2. The van der Waals surface area contributed by atoms with Crippen LogP contribution in [0.25, 0.3) is 0 Å². The van der Waals surface area contributed by atoms with Crippen molar-refractivity contribution >= 4 is 0 Å². The third-order valence-corrected chi connectivity index (χ3v) is 3.62. The monoisotopic (exact) mass is 277 g/mol. The first-order chi connectivity index (χ1) is 9.44. The Labute approximate surface area is 122 Å². The van der Waals surface area contributed by atoms with Gasteiger partial charge in [-0.15, -0.1) is 0 Å². The Balaban J connectivity index is 2.05. The summed E-state index contributed by atoms with van der Waals surface area (Å²) in [6, 6.07) is 0. The molecule has 0 saturated carbocycles. The van der Waals surface area contributed by atoms with E-state index in [1.165, 1.54) is 19.3 Å². The molecule has 1 saturated heterocycles. The molecular weight excluding hydrogens is 250 g/mol. The molecule has 0 N–H and O–H groups in total. The van der Waals surface area contributed by atoms with Crippen molar-refractivity contribution in [3.8, 4) is 5.88 Å². The van der Waals surface area contributed by atoms with E-state index < -0.39 is 0 Å². The molecule has 2 rings (SSSR count). The summed E-state index contributed by atoms with van der Waals surface area (Å²) in [7, 11) is 0. The van der Waals surface area contributed by atoms with Crippen LogP contribution in [0.1, 0.15) is 52.7 Å². The predicted octanol–water partition coefficient (Wildman–Crippen LogP) is 3.28. The van der Waals surface area contributed by atoms with Gasteiger partial charge in [-0.05, 0) is 59.0 Å². The van der Waals surface area contributed by atoms with E-state index in [-0.39, 0.29) is 5.60 Å². The number of likely N-dealkylation sites (tertiary alicyclic amines) is 1. The van der Waals surface area contributed by atoms with Crippen LogP contribution in [0.3, 0.4) is 0 Å². The third-order valence-electron chi connectivity index (χ3n) is 3.62. The highest BCUT2D eigenvalue weighted by Crippen LogP contribution is 2.22. The first-order valence-electron chi connectivity index (χ1n) is 7.65. The highest BCUT2D eigenvalue weighted by molar-refractivity contribution is 5.18. The summed E-state index contributed by atoms with van der Waals surface area (Å²) in [5.41, 5.74) is 0.718. The van der Waals surface area contributed by atoms with Crippen LogP contribution in [-0.2, 0) is 6.54 Å². The predicted molar refractivity (Wildman–Crippen MR) is 80.7 cm³/mol. The van der Waals surface area contributed by atoms with Crippen LogP contribution in [0.4, 0.5) is 0 Å². The molecule has 4 nitrogen and oxygen atoms in total. The highest BCUT2D eigenvalue weighted by atomic mass is 16.5. The van der Waals surface area contributed by atoms with Gasteiger partial charge in [0.25, 0.3) is 0 Å². The van der Waals surface area contributed by atoms with Crippen molar-refractivity contribution in [2.24, 2.45) is 5.92 Å². The highest BCUT2D eigenvalue weighted by Gasteiger charge is 2.19. The van der Waals surface area contributed by atoms with Crippen LogP contribution in [0.2, 0.25) is 0 Å². The van der Waals surface area contributed by atoms with Crippen molar-refractivity contribution < 1.29 is 4.74 Å². The van der Waals surface area contributed by atoms with Gasteiger partial charge in [-0.25, -0.2) is 4.98 Å². The fraction of sp³-hybridized carbons (Fsp3) is 0.750. The summed E-state index contributed by atoms with van der Waals surface area (Å²) in [5, 5.41) is 0. The fourth-order valence-corrected chi connectivity index (χ4v) is 2.53. The molecule has 4 heteroatoms. The topological polar surface area (TPSA) is 38.2 Å². The first-order valence-corrected chi connectivity index (χ1v) is 7.65. The summed E-state index contributed by atoms with van der Waals surface area (Å²) >= 11 is 0. The fourth-order valence-electron chi connectivity index (χ4n) is 2.53. The zero-order valence-corrected chi connectivity index (χ0v) is 13.2. The Hall–Kier alpha value is -1.16. The van der Waals surface area contributed by atoms with E-state index in [9.17, 15) is 0 Å². The van der Waals surface area contributed by atoms with Crippen LogP contribution in [-0.4, -0.2) is 33.6 Å². The third kappa shape index (κ3) is 4.75. The largest absolute Gasteiger partial charge is 0.471 e. The van der Waals surface area contributed by atoms with E-state index in [0.717, 1.165) is 31.2 Å². The van der Waals surface area contributed by atoms with Crippen LogP contribution >= 0.6 is 0 Å². The summed E-state index contributed by atoms with van der Waals surface area (Å²) in [6.07, 6.45) is 7.34. The number of hydrogen-bond donors (Lipinski definition) is 0. The van der Waals surface area contributed by atoms with E-state index in [0.29, 0.717) is 5.88 Å². The van der Waals surface area contributed by atoms with Crippen molar-refractivity contribution in [1.29, 1.82) is 0 Å². The Bertz CT molecular complexity index is 428. The molecule has 0 amide bonds. The van der Waals surface area contributed by atoms with Gasteiger partial charge >= 0.3 is 0 Å². The molecule has 0 aliphatic carbocycles. The Kier molecular flexibility index (Phi) is 4.97. The SMILES string of the molecule is CC1CCCN(Cc2nccnc2OC(C)(C)C)CC1. The molecule has 0 bridgehead atoms. The van der Waals surface area contributed by atoms with E-state index in [1.807, 2.05) is 20.8 Å². The van der Waals surface area contributed by atoms with E-state index in [1.54, 1.807) is 12.4 Å². The molecule has 1 aliphatic rings. The van der Waals surface area contributed by atoms with Gasteiger partial charge in [0.2, 0.25) is 5.88 Å². The molecule has 1 aliphatic heterocycles. The zero-order chi connectivity index (χ0) is 14.6. The van der Waals surface area contributed by atoms with Crippen molar-refractivity contribution in [2.75, 3.05) is 13.1 Å². The second kappa shape index (κ2) is 6.53. The Morgan fingerprint density at radius 2 is 1.95 bits per heavy atom. The van der Waals surface area contributed by atoms with Crippen molar-refractivity contribution in [3.63, 3.8) is 0 Å². The molecule has 0 spiro atoms. The molecule has 112 valence electrons. The van der Waals surface area contributed by atoms with E-state index in [4.69, 9.17) is 4.74 Å². The lowest BCUT2D eigenvalue weighted by atomic mass is 10.0. The summed E-state index contributed by atoms with van der Waals surface area (Å²) in [5.74, 6) is 1.52. The number of nitrogens with zero attached hydrogens (tertiary/aromatic N) is 3. The van der Waals surface area contributed by atoms with Crippen LogP contribution in [0.5, 0.6) is 5.88 Å². The normalized spacial score (nSPS) is 21.5. The van der Waals surface area contributed by atoms with Gasteiger partial charge in [0.15, 0.2) is 0 Å². The molecule has 1 aromatic rings. The van der Waals surface area contributed by atoms with Gasteiger partial charge in [0.1, 0.15) is 11.3 Å². The molecule has 0 radical (unpaired) electrons. The maximum atomic E-state index is 5.93. The van der Waals surface area contributed by atoms with Gasteiger partial charge in [-0.1, -0.05) is 6.92 Å². The molecule has 1 aromatic heterocycles. The first kappa shape index (κ1) is 15.2. The molecule has 0 aromatic carbocycles. The van der Waals surface area contributed by atoms with Crippen LogP contribution < -0.4 is 4.74 Å². The summed E-state index contributed by atoms with van der Waals surface area (Å²) in [6.45, 7) is 11.6. The lowest BCUT2D eigenvalue weighted by Crippen LogP contribution is -2.28. The van der Waals surface area contributed by atoms with Gasteiger partial charge in [-0.2, -0.15) is 0 Å². The number of rotatable bonds is 3. The second-order valence-electron chi connectivity index (χ2n) is 6.83. The molecule has 1 unspecified atom stereocenters. The minimum atomic E-state index is -0.238. The molecule has 1 fully saturated rings. The smallest absolute Gasteiger partial charge is 0.237 e. The maximum absolute atomic E-state index is 5.93. The number of hydrogen-bond acceptors (Lipinski definition) is 4. The molecule has 1 atom stereocenters. The Morgan fingerprint density at radius 1 is 1.20 bits per heavy atom. The lowest BCUT2D eigenvalue weighted by molar-refractivity contribution is 0.119. The molecule has 2 heterocycles. The molecular formula is C16H27N3O.